The molecule has 1 aliphatic carbocycles. The van der Waals surface area contributed by atoms with Crippen LogP contribution in [0.25, 0.3) is 0 Å². The van der Waals surface area contributed by atoms with Crippen LogP contribution in [0.3, 0.4) is 0 Å². The summed E-state index contributed by atoms with van der Waals surface area (Å²) in [5, 5.41) is 0. The molecule has 0 fully saturated rings. The van der Waals surface area contributed by atoms with Crippen LogP contribution in [0.5, 0.6) is 0 Å². The second-order valence-corrected chi connectivity index (χ2v) is 6.34. The average molecular weight is 306 g/mol. The number of allylic oxidation sites excluding steroid dienone is 1. The van der Waals surface area contributed by atoms with E-state index in [1.165, 1.54) is 0 Å². The molecule has 0 spiro atoms. The molecule has 0 radical (unpaired) electrons. The van der Waals surface area contributed by atoms with E-state index in [2.05, 4.69) is 12.2 Å². The van der Waals surface area contributed by atoms with E-state index in [0.717, 1.165) is 30.4 Å². The van der Waals surface area contributed by atoms with Crippen molar-refractivity contribution in [3.05, 3.63) is 83.9 Å². The predicted molar refractivity (Wildman–Crippen MR) is 92.2 cm³/mol. The Labute approximate surface area is 137 Å². The minimum atomic E-state index is -0.395. The van der Waals surface area contributed by atoms with Crippen molar-refractivity contribution in [3.8, 4) is 0 Å². The molecule has 0 heterocycles. The lowest BCUT2D eigenvalue weighted by Gasteiger charge is -2.32. The highest BCUT2D eigenvalue weighted by Crippen LogP contribution is 2.32. The summed E-state index contributed by atoms with van der Waals surface area (Å²) in [6.45, 7) is 2.03. The summed E-state index contributed by atoms with van der Waals surface area (Å²) >= 11 is 0. The Morgan fingerprint density at radius 2 is 1.52 bits per heavy atom. The van der Waals surface area contributed by atoms with E-state index in [1.54, 1.807) is 0 Å². The first-order valence-corrected chi connectivity index (χ1v) is 8.16. The van der Waals surface area contributed by atoms with Crippen molar-refractivity contribution in [1.82, 2.24) is 0 Å². The Bertz CT molecular complexity index is 636. The van der Waals surface area contributed by atoms with Gasteiger partial charge in [-0.15, -0.1) is 0 Å². The van der Waals surface area contributed by atoms with Crippen LogP contribution in [0.1, 0.15) is 43.2 Å². The van der Waals surface area contributed by atoms with Gasteiger partial charge in [-0.05, 0) is 30.9 Å². The van der Waals surface area contributed by atoms with Gasteiger partial charge in [0.15, 0.2) is 0 Å². The van der Waals surface area contributed by atoms with E-state index in [1.807, 2.05) is 67.6 Å². The molecule has 1 unspecified atom stereocenters. The van der Waals surface area contributed by atoms with Crippen LogP contribution in [0.2, 0.25) is 0 Å². The second-order valence-electron chi connectivity index (χ2n) is 6.34. The maximum atomic E-state index is 13.0. The van der Waals surface area contributed by atoms with Crippen LogP contribution in [0.15, 0.2) is 72.8 Å². The third-order valence-electron chi connectivity index (χ3n) is 4.40. The Morgan fingerprint density at radius 3 is 2.00 bits per heavy atom. The Balaban J connectivity index is 1.89. The number of carbonyl (C=O) groups excluding carboxylic acids is 1. The molecule has 3 rings (SSSR count). The second kappa shape index (κ2) is 6.82. The van der Waals surface area contributed by atoms with Crippen molar-refractivity contribution in [1.29, 1.82) is 0 Å². The molecule has 2 nitrogen and oxygen atoms in total. The van der Waals surface area contributed by atoms with Crippen molar-refractivity contribution in [2.45, 2.75) is 37.7 Å². The Kier molecular flexibility index (Phi) is 4.61. The third-order valence-corrected chi connectivity index (χ3v) is 4.40. The number of ether oxygens (including phenoxy) is 1. The maximum absolute atomic E-state index is 13.0. The van der Waals surface area contributed by atoms with Gasteiger partial charge in [0.2, 0.25) is 0 Å². The molecule has 1 aliphatic rings. The molecule has 2 aromatic rings. The fraction of sp³-hybridized carbons (Fsp3) is 0.286. The van der Waals surface area contributed by atoms with Gasteiger partial charge in [0, 0.05) is 6.42 Å². The molecule has 2 aromatic carbocycles. The first kappa shape index (κ1) is 15.5. The number of hydrogen-bond donors (Lipinski definition) is 0. The molecule has 0 amide bonds. The molecule has 0 aromatic heterocycles. The number of benzene rings is 2. The SMILES string of the molecule is CC1(OC(=O)C(c2ccccc2)c2ccccc2)CC=CCC1. The monoisotopic (exact) mass is 306 g/mol. The molecule has 0 saturated carbocycles. The smallest absolute Gasteiger partial charge is 0.318 e. The highest BCUT2D eigenvalue weighted by Gasteiger charge is 2.33. The largest absolute Gasteiger partial charge is 0.458 e. The fourth-order valence-electron chi connectivity index (χ4n) is 3.09. The minimum Gasteiger partial charge on any atom is -0.458 e. The summed E-state index contributed by atoms with van der Waals surface area (Å²) in [6, 6.07) is 19.7. The van der Waals surface area contributed by atoms with E-state index in [-0.39, 0.29) is 11.9 Å². The minimum absolute atomic E-state index is 0.166. The van der Waals surface area contributed by atoms with Crippen molar-refractivity contribution in [2.75, 3.05) is 0 Å². The van der Waals surface area contributed by atoms with Gasteiger partial charge in [-0.1, -0.05) is 72.8 Å². The number of carbonyl (C=O) groups is 1. The van der Waals surface area contributed by atoms with Gasteiger partial charge in [0.25, 0.3) is 0 Å². The lowest BCUT2D eigenvalue weighted by molar-refractivity contribution is -0.159. The average Bonchev–Trinajstić information content (AvgIpc) is 2.57. The van der Waals surface area contributed by atoms with Crippen LogP contribution >= 0.6 is 0 Å². The maximum Gasteiger partial charge on any atom is 0.318 e. The zero-order valence-electron chi connectivity index (χ0n) is 13.4. The first-order valence-electron chi connectivity index (χ1n) is 8.16. The molecular formula is C21H22O2. The Hall–Kier alpha value is -2.35. The Morgan fingerprint density at radius 1 is 0.957 bits per heavy atom. The van der Waals surface area contributed by atoms with Crippen LogP contribution in [0, 0.1) is 0 Å². The topological polar surface area (TPSA) is 26.3 Å². The molecule has 118 valence electrons. The molecule has 0 bridgehead atoms. The molecule has 2 heteroatoms. The van der Waals surface area contributed by atoms with Crippen LogP contribution in [0.4, 0.5) is 0 Å². The molecule has 0 aliphatic heterocycles. The van der Waals surface area contributed by atoms with Gasteiger partial charge in [0.05, 0.1) is 0 Å². The lowest BCUT2D eigenvalue weighted by Crippen LogP contribution is -2.34. The van der Waals surface area contributed by atoms with Gasteiger partial charge in [-0.3, -0.25) is 4.79 Å². The van der Waals surface area contributed by atoms with Gasteiger partial charge >= 0.3 is 5.97 Å². The highest BCUT2D eigenvalue weighted by molar-refractivity contribution is 5.82. The van der Waals surface area contributed by atoms with Gasteiger partial charge < -0.3 is 4.74 Å². The lowest BCUT2D eigenvalue weighted by atomic mass is 9.89. The van der Waals surface area contributed by atoms with Crippen LogP contribution in [-0.4, -0.2) is 11.6 Å². The summed E-state index contributed by atoms with van der Waals surface area (Å²) < 4.78 is 5.96. The standard InChI is InChI=1S/C21H22O2/c1-21(15-9-4-10-16-21)23-20(22)19(17-11-5-2-6-12-17)18-13-7-3-8-14-18/h2-9,11-14,19H,10,15-16H2,1H3. The zero-order valence-corrected chi connectivity index (χ0v) is 13.4. The van der Waals surface area contributed by atoms with E-state index < -0.39 is 5.60 Å². The van der Waals surface area contributed by atoms with E-state index >= 15 is 0 Å². The quantitative estimate of drug-likeness (QED) is 0.595. The van der Waals surface area contributed by atoms with E-state index in [4.69, 9.17) is 4.74 Å². The summed E-state index contributed by atoms with van der Waals surface area (Å²) in [7, 11) is 0. The fourth-order valence-corrected chi connectivity index (χ4v) is 3.09. The van der Waals surface area contributed by atoms with Gasteiger partial charge in [0.1, 0.15) is 11.5 Å². The van der Waals surface area contributed by atoms with Gasteiger partial charge in [-0.2, -0.15) is 0 Å². The molecule has 23 heavy (non-hydrogen) atoms. The zero-order chi connectivity index (χ0) is 16.1. The third kappa shape index (κ3) is 3.70. The van der Waals surface area contributed by atoms with E-state index in [0.29, 0.717) is 0 Å². The van der Waals surface area contributed by atoms with Crippen molar-refractivity contribution in [2.24, 2.45) is 0 Å². The molecular weight excluding hydrogens is 284 g/mol. The summed E-state index contributed by atoms with van der Waals surface area (Å²) in [6.07, 6.45) is 6.89. The number of rotatable bonds is 4. The van der Waals surface area contributed by atoms with Crippen molar-refractivity contribution < 1.29 is 9.53 Å². The molecule has 0 N–H and O–H groups in total. The highest BCUT2D eigenvalue weighted by atomic mass is 16.6. The number of esters is 1. The van der Waals surface area contributed by atoms with E-state index in [9.17, 15) is 4.79 Å². The van der Waals surface area contributed by atoms with Crippen LogP contribution in [-0.2, 0) is 9.53 Å². The normalized spacial score (nSPS) is 20.4. The summed E-state index contributed by atoms with van der Waals surface area (Å²) in [5.41, 5.74) is 1.55. The predicted octanol–water partition coefficient (Wildman–Crippen LogP) is 4.86. The molecule has 0 saturated heterocycles. The van der Waals surface area contributed by atoms with Crippen LogP contribution < -0.4 is 0 Å². The molecule has 1 atom stereocenters. The van der Waals surface area contributed by atoms with Gasteiger partial charge in [-0.25, -0.2) is 0 Å². The first-order chi connectivity index (χ1) is 11.2. The van der Waals surface area contributed by atoms with Crippen molar-refractivity contribution in [3.63, 3.8) is 0 Å². The summed E-state index contributed by atoms with van der Waals surface area (Å²) in [4.78, 5) is 13.0. The summed E-state index contributed by atoms with van der Waals surface area (Å²) in [5.74, 6) is -0.541. The van der Waals surface area contributed by atoms with Crippen molar-refractivity contribution >= 4 is 5.97 Å². The number of hydrogen-bond acceptors (Lipinski definition) is 2.